The number of carbonyl (C=O) groups excluding carboxylic acids is 1. The number of hydrogen-bond donors (Lipinski definition) is 2. The molecule has 2 N–H and O–H groups in total. The van der Waals surface area contributed by atoms with Crippen molar-refractivity contribution in [1.29, 1.82) is 0 Å². The minimum atomic E-state index is -1.20. The van der Waals surface area contributed by atoms with Gasteiger partial charge in [0, 0.05) is 20.1 Å². The van der Waals surface area contributed by atoms with E-state index < -0.39 is 11.9 Å². The number of nitrogens with one attached hydrogen (secondary N) is 1. The van der Waals surface area contributed by atoms with Crippen LogP contribution >= 0.6 is 0 Å². The SMILES string of the molecule is Cn1ncc(C(=O)O)c1C(=O)Nc1ccc2nc(N3CCCC3)nn2c1. The fourth-order valence-electron chi connectivity index (χ4n) is 3.05. The smallest absolute Gasteiger partial charge is 0.339 e. The number of aromatic carboxylic acids is 1. The number of carbonyl (C=O) groups is 2. The number of carboxylic acids is 1. The first-order valence-electron chi connectivity index (χ1n) is 8.21. The van der Waals surface area contributed by atoms with Crippen LogP contribution in [0.25, 0.3) is 5.65 Å². The number of amides is 1. The van der Waals surface area contributed by atoms with Gasteiger partial charge in [-0.3, -0.25) is 9.48 Å². The van der Waals surface area contributed by atoms with Crippen molar-refractivity contribution in [1.82, 2.24) is 24.4 Å². The molecule has 0 atom stereocenters. The summed E-state index contributed by atoms with van der Waals surface area (Å²) in [5.41, 5.74) is 0.992. The third kappa shape index (κ3) is 2.75. The number of fused-ring (bicyclic) bond motifs is 1. The number of rotatable bonds is 4. The molecule has 10 heteroatoms. The molecule has 3 aromatic heterocycles. The molecule has 0 saturated carbocycles. The van der Waals surface area contributed by atoms with E-state index in [0.717, 1.165) is 32.1 Å². The van der Waals surface area contributed by atoms with E-state index in [1.807, 2.05) is 0 Å². The molecule has 1 aliphatic heterocycles. The summed E-state index contributed by atoms with van der Waals surface area (Å²) >= 11 is 0. The van der Waals surface area contributed by atoms with Crippen molar-refractivity contribution < 1.29 is 14.7 Å². The lowest BCUT2D eigenvalue weighted by Crippen LogP contribution is -2.19. The molecule has 1 amide bonds. The molecule has 26 heavy (non-hydrogen) atoms. The van der Waals surface area contributed by atoms with Gasteiger partial charge in [-0.1, -0.05) is 0 Å². The molecule has 1 saturated heterocycles. The summed E-state index contributed by atoms with van der Waals surface area (Å²) in [5.74, 6) is -1.09. The van der Waals surface area contributed by atoms with Gasteiger partial charge < -0.3 is 15.3 Å². The summed E-state index contributed by atoms with van der Waals surface area (Å²) in [6, 6.07) is 3.45. The lowest BCUT2D eigenvalue weighted by Gasteiger charge is -2.10. The second-order valence-corrected chi connectivity index (χ2v) is 6.12. The Balaban J connectivity index is 1.60. The number of nitrogens with zero attached hydrogens (tertiary/aromatic N) is 6. The largest absolute Gasteiger partial charge is 0.478 e. The van der Waals surface area contributed by atoms with Gasteiger partial charge in [-0.2, -0.15) is 10.1 Å². The number of carboxylic acid groups (broad SMARTS) is 1. The van der Waals surface area contributed by atoms with E-state index in [1.165, 1.54) is 11.7 Å². The maximum absolute atomic E-state index is 12.5. The summed E-state index contributed by atoms with van der Waals surface area (Å²) in [6.07, 6.45) is 5.07. The van der Waals surface area contributed by atoms with Crippen LogP contribution in [0.4, 0.5) is 11.6 Å². The second-order valence-electron chi connectivity index (χ2n) is 6.12. The molecule has 4 heterocycles. The third-order valence-electron chi connectivity index (χ3n) is 4.35. The summed E-state index contributed by atoms with van der Waals surface area (Å²) in [4.78, 5) is 30.3. The Morgan fingerprint density at radius 1 is 1.23 bits per heavy atom. The van der Waals surface area contributed by atoms with E-state index in [4.69, 9.17) is 0 Å². The van der Waals surface area contributed by atoms with E-state index in [1.54, 1.807) is 22.8 Å². The molecule has 0 spiro atoms. The molecular formula is C16H17N7O3. The average Bonchev–Trinajstić information content (AvgIpc) is 3.32. The van der Waals surface area contributed by atoms with Crippen LogP contribution in [0.2, 0.25) is 0 Å². The van der Waals surface area contributed by atoms with Gasteiger partial charge in [0.05, 0.1) is 18.1 Å². The van der Waals surface area contributed by atoms with Crippen LogP contribution in [0.15, 0.2) is 24.5 Å². The first-order valence-corrected chi connectivity index (χ1v) is 8.21. The van der Waals surface area contributed by atoms with Gasteiger partial charge >= 0.3 is 5.97 Å². The monoisotopic (exact) mass is 355 g/mol. The molecule has 0 aliphatic carbocycles. The van der Waals surface area contributed by atoms with E-state index in [-0.39, 0.29) is 11.3 Å². The molecule has 1 aliphatic rings. The van der Waals surface area contributed by atoms with Gasteiger partial charge in [-0.15, -0.1) is 5.10 Å². The Hall–Kier alpha value is -3.43. The molecule has 0 unspecified atom stereocenters. The van der Waals surface area contributed by atoms with Crippen LogP contribution < -0.4 is 10.2 Å². The predicted molar refractivity (Wildman–Crippen MR) is 92.6 cm³/mol. The van der Waals surface area contributed by atoms with Crippen molar-refractivity contribution in [3.8, 4) is 0 Å². The highest BCUT2D eigenvalue weighted by molar-refractivity contribution is 6.09. The van der Waals surface area contributed by atoms with E-state index in [2.05, 4.69) is 25.4 Å². The van der Waals surface area contributed by atoms with Crippen LogP contribution in [0.5, 0.6) is 0 Å². The Morgan fingerprint density at radius 3 is 2.73 bits per heavy atom. The first-order chi connectivity index (χ1) is 12.5. The van der Waals surface area contributed by atoms with Gasteiger partial charge in [0.25, 0.3) is 5.91 Å². The Bertz CT molecular complexity index is 1000. The zero-order chi connectivity index (χ0) is 18.3. The number of anilines is 2. The van der Waals surface area contributed by atoms with Crippen LogP contribution in [0.1, 0.15) is 33.7 Å². The van der Waals surface area contributed by atoms with Crippen LogP contribution in [-0.4, -0.2) is 54.5 Å². The highest BCUT2D eigenvalue weighted by atomic mass is 16.4. The number of hydrogen-bond acceptors (Lipinski definition) is 6. The summed E-state index contributed by atoms with van der Waals surface area (Å²) < 4.78 is 2.84. The lowest BCUT2D eigenvalue weighted by atomic mass is 10.2. The minimum absolute atomic E-state index is 0.0195. The Morgan fingerprint density at radius 2 is 2.00 bits per heavy atom. The van der Waals surface area contributed by atoms with Gasteiger partial charge in [-0.05, 0) is 25.0 Å². The molecule has 1 fully saturated rings. The minimum Gasteiger partial charge on any atom is -0.478 e. The molecule has 0 radical (unpaired) electrons. The molecule has 0 bridgehead atoms. The molecule has 10 nitrogen and oxygen atoms in total. The fraction of sp³-hybridized carbons (Fsp3) is 0.312. The summed E-state index contributed by atoms with van der Waals surface area (Å²) in [6.45, 7) is 1.89. The van der Waals surface area contributed by atoms with E-state index in [9.17, 15) is 14.7 Å². The van der Waals surface area contributed by atoms with E-state index in [0.29, 0.717) is 17.3 Å². The van der Waals surface area contributed by atoms with Crippen LogP contribution in [0.3, 0.4) is 0 Å². The molecule has 134 valence electrons. The van der Waals surface area contributed by atoms with Crippen LogP contribution in [0, 0.1) is 0 Å². The third-order valence-corrected chi connectivity index (χ3v) is 4.35. The predicted octanol–water partition coefficient (Wildman–Crippen LogP) is 1.01. The highest BCUT2D eigenvalue weighted by Crippen LogP contribution is 2.19. The van der Waals surface area contributed by atoms with Crippen molar-refractivity contribution in [2.24, 2.45) is 7.05 Å². The number of pyridine rings is 1. The highest BCUT2D eigenvalue weighted by Gasteiger charge is 2.22. The summed E-state index contributed by atoms with van der Waals surface area (Å²) in [5, 5.41) is 20.2. The maximum Gasteiger partial charge on any atom is 0.339 e. The van der Waals surface area contributed by atoms with Gasteiger partial charge in [-0.25, -0.2) is 9.31 Å². The average molecular weight is 355 g/mol. The Labute approximate surface area is 148 Å². The zero-order valence-corrected chi connectivity index (χ0v) is 14.1. The lowest BCUT2D eigenvalue weighted by molar-refractivity contribution is 0.0692. The number of aryl methyl sites for hydroxylation is 1. The molecule has 3 aromatic rings. The fourth-order valence-corrected chi connectivity index (χ4v) is 3.05. The molecule has 0 aromatic carbocycles. The Kier molecular flexibility index (Phi) is 3.79. The standard InChI is InChI=1S/C16H17N7O3/c1-21-13(11(8-17-21)15(25)26)14(24)18-10-4-5-12-19-16(20-23(12)9-10)22-6-2-3-7-22/h4-5,8-9H,2-3,6-7H2,1H3,(H,18,24)(H,25,26). The summed E-state index contributed by atoms with van der Waals surface area (Å²) in [7, 11) is 1.52. The van der Waals surface area contributed by atoms with Crippen molar-refractivity contribution in [3.05, 3.63) is 35.8 Å². The van der Waals surface area contributed by atoms with E-state index >= 15 is 0 Å². The second kappa shape index (κ2) is 6.14. The zero-order valence-electron chi connectivity index (χ0n) is 14.1. The normalized spacial score (nSPS) is 14.1. The van der Waals surface area contributed by atoms with Gasteiger partial charge in [0.1, 0.15) is 11.3 Å². The van der Waals surface area contributed by atoms with Crippen molar-refractivity contribution in [2.75, 3.05) is 23.3 Å². The topological polar surface area (TPSA) is 118 Å². The van der Waals surface area contributed by atoms with Crippen molar-refractivity contribution in [3.63, 3.8) is 0 Å². The maximum atomic E-state index is 12.5. The molecular weight excluding hydrogens is 338 g/mol. The van der Waals surface area contributed by atoms with Crippen molar-refractivity contribution in [2.45, 2.75) is 12.8 Å². The molecule has 4 rings (SSSR count). The van der Waals surface area contributed by atoms with Gasteiger partial charge in [0.2, 0.25) is 5.95 Å². The van der Waals surface area contributed by atoms with Gasteiger partial charge in [0.15, 0.2) is 5.65 Å². The quantitative estimate of drug-likeness (QED) is 0.717. The van der Waals surface area contributed by atoms with Crippen molar-refractivity contribution >= 4 is 29.2 Å². The first kappa shape index (κ1) is 16.1. The van der Waals surface area contributed by atoms with Crippen LogP contribution in [-0.2, 0) is 7.05 Å². The number of aromatic nitrogens is 5.